The van der Waals surface area contributed by atoms with Crippen LogP contribution in [-0.4, -0.2) is 36.1 Å². The van der Waals surface area contributed by atoms with Crippen LogP contribution in [0.15, 0.2) is 48.8 Å². The fourth-order valence-corrected chi connectivity index (χ4v) is 4.02. The molecule has 0 aliphatic heterocycles. The Hall–Kier alpha value is -2.76. The predicted octanol–water partition coefficient (Wildman–Crippen LogP) is 2.46. The Labute approximate surface area is 152 Å². The Kier molecular flexibility index (Phi) is 6.22. The first-order valence-electron chi connectivity index (χ1n) is 7.76. The Balaban J connectivity index is 0.00000109. The number of hydrogen-bond donors (Lipinski definition) is 4. The van der Waals surface area contributed by atoms with E-state index in [1.165, 1.54) is 0 Å². The molecular weight excluding hydrogens is 379 g/mol. The zero-order valence-corrected chi connectivity index (χ0v) is 15.8. The molecule has 3 aromatic rings. The third-order valence-electron chi connectivity index (χ3n) is 3.26. The summed E-state index contributed by atoms with van der Waals surface area (Å²) >= 11 is 0.107. The fourth-order valence-electron chi connectivity index (χ4n) is 2.01. The molecular formula is C18H20N6Se. The SMILES string of the molecule is CC.N=C(N)c1ccc(-c2ccc(-c3ccc(C(=N)N)cn3)[se]2)nc1. The van der Waals surface area contributed by atoms with Crippen molar-refractivity contribution in [3.8, 4) is 20.3 Å². The van der Waals surface area contributed by atoms with Crippen molar-refractivity contribution < 1.29 is 0 Å². The summed E-state index contributed by atoms with van der Waals surface area (Å²) in [5.41, 5.74) is 13.9. The summed E-state index contributed by atoms with van der Waals surface area (Å²) in [7, 11) is 0. The number of aromatic nitrogens is 2. The van der Waals surface area contributed by atoms with E-state index >= 15 is 0 Å². The van der Waals surface area contributed by atoms with E-state index in [-0.39, 0.29) is 26.2 Å². The van der Waals surface area contributed by atoms with Crippen LogP contribution < -0.4 is 11.5 Å². The summed E-state index contributed by atoms with van der Waals surface area (Å²) < 4.78 is 2.31. The van der Waals surface area contributed by atoms with E-state index in [2.05, 4.69) is 9.97 Å². The average molecular weight is 399 g/mol. The molecule has 0 aromatic carbocycles. The van der Waals surface area contributed by atoms with Gasteiger partial charge in [0.25, 0.3) is 0 Å². The van der Waals surface area contributed by atoms with Crippen LogP contribution >= 0.6 is 0 Å². The Morgan fingerprint density at radius 2 is 1.16 bits per heavy atom. The second kappa shape index (κ2) is 8.37. The summed E-state index contributed by atoms with van der Waals surface area (Å²) in [5.74, 6) is 0.0343. The number of nitrogen functional groups attached to an aromatic ring is 2. The van der Waals surface area contributed by atoms with Crippen molar-refractivity contribution in [2.75, 3.05) is 0 Å². The van der Waals surface area contributed by atoms with Crippen molar-refractivity contribution in [3.05, 3.63) is 59.9 Å². The standard InChI is InChI=1S/C16H14N6Se.C2H6/c17-15(18)9-1-3-11(21-7-9)13-5-6-14(23-13)12-4-2-10(8-22-12)16(19)20;1-2/h1-8H,(H3,17,18)(H3,19,20);1-2H3. The molecule has 3 rings (SSSR count). The van der Waals surface area contributed by atoms with E-state index in [4.69, 9.17) is 22.3 Å². The van der Waals surface area contributed by atoms with Gasteiger partial charge in [-0.05, 0) is 0 Å². The number of rotatable bonds is 4. The summed E-state index contributed by atoms with van der Waals surface area (Å²) in [5, 5.41) is 14.8. The molecule has 6 nitrogen and oxygen atoms in total. The Morgan fingerprint density at radius 1 is 0.760 bits per heavy atom. The maximum atomic E-state index is 7.39. The van der Waals surface area contributed by atoms with E-state index < -0.39 is 0 Å². The van der Waals surface area contributed by atoms with Crippen molar-refractivity contribution in [1.82, 2.24) is 9.97 Å². The van der Waals surface area contributed by atoms with Crippen LogP contribution in [-0.2, 0) is 0 Å². The van der Waals surface area contributed by atoms with E-state index in [1.54, 1.807) is 24.5 Å². The number of nitrogens with zero attached hydrogens (tertiary/aromatic N) is 2. The number of amidine groups is 2. The van der Waals surface area contributed by atoms with Gasteiger partial charge in [-0.25, -0.2) is 0 Å². The van der Waals surface area contributed by atoms with Gasteiger partial charge in [0.2, 0.25) is 0 Å². The molecule has 25 heavy (non-hydrogen) atoms. The van der Waals surface area contributed by atoms with Crippen LogP contribution in [0.25, 0.3) is 20.3 Å². The first kappa shape index (κ1) is 18.6. The van der Waals surface area contributed by atoms with Gasteiger partial charge in [0.1, 0.15) is 0 Å². The first-order chi connectivity index (χ1) is 12.0. The van der Waals surface area contributed by atoms with Crippen molar-refractivity contribution in [1.29, 1.82) is 10.8 Å². The van der Waals surface area contributed by atoms with E-state index in [1.807, 2.05) is 38.1 Å². The molecule has 0 amide bonds. The van der Waals surface area contributed by atoms with Crippen LogP contribution in [0.4, 0.5) is 0 Å². The molecule has 7 heteroatoms. The minimum atomic E-state index is 0.0172. The predicted molar refractivity (Wildman–Crippen MR) is 103 cm³/mol. The van der Waals surface area contributed by atoms with Crippen LogP contribution in [0.2, 0.25) is 0 Å². The summed E-state index contributed by atoms with van der Waals surface area (Å²) in [4.78, 5) is 8.75. The topological polar surface area (TPSA) is 126 Å². The zero-order valence-electron chi connectivity index (χ0n) is 14.1. The molecule has 0 unspecified atom stereocenters. The second-order valence-corrected chi connectivity index (χ2v) is 7.13. The van der Waals surface area contributed by atoms with Crippen LogP contribution in [0, 0.1) is 10.8 Å². The number of nitrogens with two attached hydrogens (primary N) is 2. The Morgan fingerprint density at radius 3 is 1.44 bits per heavy atom. The summed E-state index contributed by atoms with van der Waals surface area (Å²) in [6.07, 6.45) is 3.24. The first-order valence-corrected chi connectivity index (χ1v) is 9.47. The van der Waals surface area contributed by atoms with Gasteiger partial charge in [-0.3, -0.25) is 0 Å². The molecule has 3 aromatic heterocycles. The molecule has 0 spiro atoms. The van der Waals surface area contributed by atoms with Crippen molar-refractivity contribution in [3.63, 3.8) is 0 Å². The van der Waals surface area contributed by atoms with Crippen molar-refractivity contribution in [2.45, 2.75) is 13.8 Å². The second-order valence-electron chi connectivity index (χ2n) is 4.86. The molecule has 0 fully saturated rings. The van der Waals surface area contributed by atoms with Gasteiger partial charge in [0.05, 0.1) is 0 Å². The number of nitrogens with one attached hydrogen (secondary N) is 2. The van der Waals surface area contributed by atoms with Crippen LogP contribution in [0.5, 0.6) is 0 Å². The van der Waals surface area contributed by atoms with Gasteiger partial charge >= 0.3 is 139 Å². The normalized spacial score (nSPS) is 9.84. The summed E-state index contributed by atoms with van der Waals surface area (Å²) in [6.45, 7) is 4.00. The molecule has 0 saturated heterocycles. The van der Waals surface area contributed by atoms with Gasteiger partial charge in [-0.2, -0.15) is 0 Å². The van der Waals surface area contributed by atoms with Gasteiger partial charge in [-0.15, -0.1) is 0 Å². The zero-order chi connectivity index (χ0) is 18.4. The Bertz CT molecular complexity index is 793. The number of hydrogen-bond acceptors (Lipinski definition) is 4. The quantitative estimate of drug-likeness (QED) is 0.305. The molecule has 0 radical (unpaired) electrons. The van der Waals surface area contributed by atoms with Crippen molar-refractivity contribution >= 4 is 26.2 Å². The minimum absolute atomic E-state index is 0.0172. The monoisotopic (exact) mass is 400 g/mol. The number of pyridine rings is 2. The van der Waals surface area contributed by atoms with Gasteiger partial charge in [0, 0.05) is 0 Å². The van der Waals surface area contributed by atoms with Gasteiger partial charge in [-0.1, -0.05) is 13.8 Å². The average Bonchev–Trinajstić information content (AvgIpc) is 3.13. The van der Waals surface area contributed by atoms with E-state index in [0.717, 1.165) is 20.3 Å². The van der Waals surface area contributed by atoms with Crippen molar-refractivity contribution in [2.24, 2.45) is 11.5 Å². The third-order valence-corrected chi connectivity index (χ3v) is 5.63. The summed E-state index contributed by atoms with van der Waals surface area (Å²) in [6, 6.07) is 11.5. The van der Waals surface area contributed by atoms with Gasteiger partial charge < -0.3 is 0 Å². The molecule has 0 aliphatic rings. The molecule has 0 bridgehead atoms. The molecule has 0 saturated carbocycles. The molecule has 128 valence electrons. The van der Waals surface area contributed by atoms with E-state index in [9.17, 15) is 0 Å². The molecule has 0 aliphatic carbocycles. The van der Waals surface area contributed by atoms with Crippen LogP contribution in [0.3, 0.4) is 0 Å². The fraction of sp³-hybridized carbons (Fsp3) is 0.111. The van der Waals surface area contributed by atoms with Gasteiger partial charge in [0.15, 0.2) is 0 Å². The molecule has 3 heterocycles. The maximum absolute atomic E-state index is 7.39. The van der Waals surface area contributed by atoms with E-state index in [0.29, 0.717) is 11.1 Å². The van der Waals surface area contributed by atoms with Crippen LogP contribution in [0.1, 0.15) is 25.0 Å². The third kappa shape index (κ3) is 4.41. The molecule has 0 atom stereocenters. The molecule has 6 N–H and O–H groups in total.